The molecule has 2 heterocycles. The van der Waals surface area contributed by atoms with Gasteiger partial charge in [-0.1, -0.05) is 13.8 Å². The van der Waals surface area contributed by atoms with Crippen molar-refractivity contribution in [2.75, 3.05) is 18.0 Å². The van der Waals surface area contributed by atoms with Crippen LogP contribution < -0.4 is 16.2 Å². The van der Waals surface area contributed by atoms with Crippen molar-refractivity contribution in [2.45, 2.75) is 33.2 Å². The number of amidine groups is 1. The van der Waals surface area contributed by atoms with Gasteiger partial charge in [-0.25, -0.2) is 4.98 Å². The third-order valence-electron chi connectivity index (χ3n) is 3.62. The Morgan fingerprint density at radius 3 is 3.00 bits per heavy atom. The topological polar surface area (TPSA) is 88.0 Å². The highest BCUT2D eigenvalue weighted by Crippen LogP contribution is 2.19. The summed E-state index contributed by atoms with van der Waals surface area (Å²) in [7, 11) is 0. The van der Waals surface area contributed by atoms with Gasteiger partial charge in [0, 0.05) is 37.9 Å². The summed E-state index contributed by atoms with van der Waals surface area (Å²) in [5.41, 5.74) is 5.54. The molecule has 0 aromatic carbocycles. The van der Waals surface area contributed by atoms with Crippen LogP contribution in [0, 0.1) is 17.2 Å². The van der Waals surface area contributed by atoms with Gasteiger partial charge in [0.25, 0.3) is 5.56 Å². The Kier molecular flexibility index (Phi) is 4.42. The van der Waals surface area contributed by atoms with Gasteiger partial charge in [0.2, 0.25) is 0 Å². The standard InChI is InChI=1S/C14H23N5O/c1-10(2)8-19-7-5-17-13(14(19)20)18-6-3-4-11(9-18)12(15)16/h5,7,10-11H,3-4,6,8-9H2,1-2H3,(H3,15,16). The summed E-state index contributed by atoms with van der Waals surface area (Å²) in [6, 6.07) is 0. The smallest absolute Gasteiger partial charge is 0.293 e. The Morgan fingerprint density at radius 2 is 2.35 bits per heavy atom. The Hall–Kier alpha value is -1.85. The maximum atomic E-state index is 12.5. The molecule has 1 aliphatic rings. The number of rotatable bonds is 4. The van der Waals surface area contributed by atoms with Gasteiger partial charge in [0.15, 0.2) is 5.82 Å². The van der Waals surface area contributed by atoms with E-state index in [0.717, 1.165) is 19.4 Å². The molecule has 1 fully saturated rings. The van der Waals surface area contributed by atoms with Crippen LogP contribution in [-0.2, 0) is 6.54 Å². The molecular weight excluding hydrogens is 254 g/mol. The van der Waals surface area contributed by atoms with Gasteiger partial charge in [-0.05, 0) is 18.8 Å². The molecule has 0 saturated carbocycles. The van der Waals surface area contributed by atoms with Crippen LogP contribution in [0.25, 0.3) is 0 Å². The Balaban J connectivity index is 2.24. The lowest BCUT2D eigenvalue weighted by molar-refractivity contribution is 0.486. The van der Waals surface area contributed by atoms with Crippen LogP contribution in [0.3, 0.4) is 0 Å². The number of nitrogens with two attached hydrogens (primary N) is 1. The van der Waals surface area contributed by atoms with Crippen LogP contribution in [0.1, 0.15) is 26.7 Å². The predicted molar refractivity (Wildman–Crippen MR) is 80.2 cm³/mol. The van der Waals surface area contributed by atoms with Crippen molar-refractivity contribution in [3.05, 3.63) is 22.7 Å². The van der Waals surface area contributed by atoms with Gasteiger partial charge in [-0.2, -0.15) is 0 Å². The minimum absolute atomic E-state index is 0.0312. The first-order valence-corrected chi connectivity index (χ1v) is 7.13. The largest absolute Gasteiger partial charge is 0.387 e. The van der Waals surface area contributed by atoms with Crippen LogP contribution in [0.4, 0.5) is 5.82 Å². The lowest BCUT2D eigenvalue weighted by atomic mass is 9.97. The van der Waals surface area contributed by atoms with Crippen LogP contribution in [-0.4, -0.2) is 28.5 Å². The third kappa shape index (κ3) is 3.18. The van der Waals surface area contributed by atoms with Crippen LogP contribution in [0.2, 0.25) is 0 Å². The summed E-state index contributed by atoms with van der Waals surface area (Å²) >= 11 is 0. The molecule has 1 unspecified atom stereocenters. The Bertz CT molecular complexity index is 537. The lowest BCUT2D eigenvalue weighted by Crippen LogP contribution is -2.44. The van der Waals surface area contributed by atoms with E-state index in [1.165, 1.54) is 0 Å². The summed E-state index contributed by atoms with van der Waals surface area (Å²) in [5, 5.41) is 7.58. The fourth-order valence-electron chi connectivity index (χ4n) is 2.61. The van der Waals surface area contributed by atoms with Gasteiger partial charge in [0.05, 0.1) is 5.84 Å². The highest BCUT2D eigenvalue weighted by atomic mass is 16.1. The molecule has 0 bridgehead atoms. The van der Waals surface area contributed by atoms with Gasteiger partial charge in [0.1, 0.15) is 0 Å². The second-order valence-electron chi connectivity index (χ2n) is 5.84. The van der Waals surface area contributed by atoms with Gasteiger partial charge in [-0.15, -0.1) is 0 Å². The molecule has 6 nitrogen and oxygen atoms in total. The summed E-state index contributed by atoms with van der Waals surface area (Å²) in [5.74, 6) is 1.13. The van der Waals surface area contributed by atoms with Crippen LogP contribution >= 0.6 is 0 Å². The summed E-state index contributed by atoms with van der Waals surface area (Å²) in [6.07, 6.45) is 5.26. The number of anilines is 1. The molecule has 6 heteroatoms. The molecule has 3 N–H and O–H groups in total. The van der Waals surface area contributed by atoms with E-state index in [-0.39, 0.29) is 17.3 Å². The first-order chi connectivity index (χ1) is 9.49. The van der Waals surface area contributed by atoms with Gasteiger partial charge < -0.3 is 15.2 Å². The first kappa shape index (κ1) is 14.6. The van der Waals surface area contributed by atoms with Crippen LogP contribution in [0.5, 0.6) is 0 Å². The van der Waals surface area contributed by atoms with Crippen molar-refractivity contribution in [3.63, 3.8) is 0 Å². The van der Waals surface area contributed by atoms with E-state index in [1.807, 2.05) is 4.90 Å². The van der Waals surface area contributed by atoms with Crippen molar-refractivity contribution in [3.8, 4) is 0 Å². The molecule has 1 saturated heterocycles. The SMILES string of the molecule is CC(C)Cn1ccnc(N2CCCC(C(=N)N)C2)c1=O. The normalized spacial score (nSPS) is 19.4. The zero-order valence-corrected chi connectivity index (χ0v) is 12.2. The predicted octanol–water partition coefficient (Wildman–Crippen LogP) is 1.05. The number of nitrogens with one attached hydrogen (secondary N) is 1. The van der Waals surface area contributed by atoms with E-state index < -0.39 is 0 Å². The minimum atomic E-state index is -0.0506. The van der Waals surface area contributed by atoms with E-state index in [1.54, 1.807) is 17.0 Å². The average molecular weight is 277 g/mol. The molecule has 1 aromatic rings. The molecule has 0 amide bonds. The van der Waals surface area contributed by atoms with E-state index >= 15 is 0 Å². The highest BCUT2D eigenvalue weighted by Gasteiger charge is 2.24. The number of hydrogen-bond acceptors (Lipinski definition) is 4. The first-order valence-electron chi connectivity index (χ1n) is 7.13. The third-order valence-corrected chi connectivity index (χ3v) is 3.62. The highest BCUT2D eigenvalue weighted by molar-refractivity contribution is 5.80. The molecule has 1 aromatic heterocycles. The molecule has 1 aliphatic heterocycles. The Labute approximate surface area is 119 Å². The second kappa shape index (κ2) is 6.07. The zero-order valence-electron chi connectivity index (χ0n) is 12.2. The number of piperidine rings is 1. The van der Waals surface area contributed by atoms with Gasteiger partial charge >= 0.3 is 0 Å². The number of hydrogen-bond donors (Lipinski definition) is 2. The molecule has 110 valence electrons. The summed E-state index contributed by atoms with van der Waals surface area (Å²) in [6.45, 7) is 6.28. The van der Waals surface area contributed by atoms with Crippen LogP contribution in [0.15, 0.2) is 17.2 Å². The number of nitrogens with zero attached hydrogens (tertiary/aromatic N) is 3. The van der Waals surface area contributed by atoms with Crippen molar-refractivity contribution in [2.24, 2.45) is 17.6 Å². The van der Waals surface area contributed by atoms with E-state index in [0.29, 0.717) is 24.8 Å². The lowest BCUT2D eigenvalue weighted by Gasteiger charge is -2.32. The van der Waals surface area contributed by atoms with Crippen molar-refractivity contribution < 1.29 is 0 Å². The van der Waals surface area contributed by atoms with Gasteiger partial charge in [-0.3, -0.25) is 10.2 Å². The zero-order chi connectivity index (χ0) is 14.7. The molecule has 20 heavy (non-hydrogen) atoms. The number of aromatic nitrogens is 2. The monoisotopic (exact) mass is 277 g/mol. The van der Waals surface area contributed by atoms with E-state index in [2.05, 4.69) is 18.8 Å². The fourth-order valence-corrected chi connectivity index (χ4v) is 2.61. The quantitative estimate of drug-likeness (QED) is 0.636. The fraction of sp³-hybridized carbons (Fsp3) is 0.643. The molecule has 0 radical (unpaired) electrons. The molecular formula is C14H23N5O. The second-order valence-corrected chi connectivity index (χ2v) is 5.84. The van der Waals surface area contributed by atoms with Crippen molar-refractivity contribution in [1.82, 2.24) is 9.55 Å². The maximum Gasteiger partial charge on any atom is 0.293 e. The summed E-state index contributed by atoms with van der Waals surface area (Å²) in [4.78, 5) is 18.7. The summed E-state index contributed by atoms with van der Waals surface area (Å²) < 4.78 is 1.71. The molecule has 2 rings (SSSR count). The molecule has 0 spiro atoms. The van der Waals surface area contributed by atoms with Crippen molar-refractivity contribution in [1.29, 1.82) is 5.41 Å². The van der Waals surface area contributed by atoms with E-state index in [4.69, 9.17) is 11.1 Å². The van der Waals surface area contributed by atoms with E-state index in [9.17, 15) is 4.79 Å². The Morgan fingerprint density at radius 1 is 1.60 bits per heavy atom. The minimum Gasteiger partial charge on any atom is -0.387 e. The molecule has 1 atom stereocenters. The average Bonchev–Trinajstić information content (AvgIpc) is 2.41. The maximum absolute atomic E-state index is 12.5. The molecule has 0 aliphatic carbocycles. The van der Waals surface area contributed by atoms with Crippen molar-refractivity contribution >= 4 is 11.7 Å².